The molecule has 1 fully saturated rings. The summed E-state index contributed by atoms with van der Waals surface area (Å²) in [6.45, 7) is 8.15. The van der Waals surface area contributed by atoms with Gasteiger partial charge in [-0.15, -0.1) is 0 Å². The molecule has 18 heavy (non-hydrogen) atoms. The molecule has 0 bridgehead atoms. The molecule has 0 aliphatic carbocycles. The van der Waals surface area contributed by atoms with Gasteiger partial charge >= 0.3 is 0 Å². The zero-order valence-corrected chi connectivity index (χ0v) is 11.8. The van der Waals surface area contributed by atoms with E-state index >= 15 is 0 Å². The molecule has 1 aliphatic heterocycles. The smallest absolute Gasteiger partial charge is 0.136 e. The molecular weight excluding hydrogens is 226 g/mol. The first-order valence-corrected chi connectivity index (χ1v) is 6.65. The molecule has 1 aromatic heterocycles. The minimum atomic E-state index is 0.0405. The lowest BCUT2D eigenvalue weighted by molar-refractivity contribution is 0.0779. The van der Waals surface area contributed by atoms with Crippen molar-refractivity contribution in [1.82, 2.24) is 9.97 Å². The van der Waals surface area contributed by atoms with Crippen LogP contribution in [0.15, 0.2) is 6.07 Å². The van der Waals surface area contributed by atoms with Crippen LogP contribution in [0.5, 0.6) is 0 Å². The van der Waals surface area contributed by atoms with E-state index in [0.29, 0.717) is 5.92 Å². The van der Waals surface area contributed by atoms with Crippen LogP contribution in [0.25, 0.3) is 0 Å². The summed E-state index contributed by atoms with van der Waals surface area (Å²) >= 11 is 0. The summed E-state index contributed by atoms with van der Waals surface area (Å²) in [6, 6.07) is 2.03. The van der Waals surface area contributed by atoms with Gasteiger partial charge in [0.25, 0.3) is 0 Å². The number of aromatic nitrogens is 2. The number of ether oxygens (including phenoxy) is 1. The number of hydrogen-bond donors (Lipinski definition) is 1. The van der Waals surface area contributed by atoms with Crippen molar-refractivity contribution in [3.8, 4) is 0 Å². The van der Waals surface area contributed by atoms with Crippen LogP contribution in [0.2, 0.25) is 0 Å². The number of hydrogen-bond acceptors (Lipinski definition) is 4. The highest BCUT2D eigenvalue weighted by Crippen LogP contribution is 2.27. The monoisotopic (exact) mass is 249 g/mol. The van der Waals surface area contributed by atoms with Gasteiger partial charge in [0, 0.05) is 31.1 Å². The quantitative estimate of drug-likeness (QED) is 0.875. The highest BCUT2D eigenvalue weighted by Gasteiger charge is 2.23. The maximum Gasteiger partial charge on any atom is 0.136 e. The van der Waals surface area contributed by atoms with E-state index in [9.17, 15) is 0 Å². The van der Waals surface area contributed by atoms with E-state index in [4.69, 9.17) is 9.72 Å². The third kappa shape index (κ3) is 2.99. The van der Waals surface area contributed by atoms with E-state index in [1.165, 1.54) is 0 Å². The SMILES string of the molecule is CNc1cc(C(C)(C)C)nc(C2CCCOC2)n1. The molecule has 1 atom stereocenters. The molecule has 100 valence electrons. The first kappa shape index (κ1) is 13.3. The fourth-order valence-corrected chi connectivity index (χ4v) is 2.11. The predicted molar refractivity (Wildman–Crippen MR) is 73.1 cm³/mol. The van der Waals surface area contributed by atoms with E-state index in [2.05, 4.69) is 31.1 Å². The second-order valence-corrected chi connectivity index (χ2v) is 5.91. The Bertz CT molecular complexity index is 406. The summed E-state index contributed by atoms with van der Waals surface area (Å²) in [6.07, 6.45) is 2.22. The fourth-order valence-electron chi connectivity index (χ4n) is 2.11. The number of nitrogens with one attached hydrogen (secondary N) is 1. The van der Waals surface area contributed by atoms with Gasteiger partial charge < -0.3 is 10.1 Å². The second kappa shape index (κ2) is 5.22. The minimum absolute atomic E-state index is 0.0405. The summed E-state index contributed by atoms with van der Waals surface area (Å²) in [5, 5.41) is 3.13. The van der Waals surface area contributed by atoms with Crippen LogP contribution < -0.4 is 5.32 Å². The lowest BCUT2D eigenvalue weighted by atomic mass is 9.91. The molecule has 0 amide bonds. The van der Waals surface area contributed by atoms with Gasteiger partial charge in [-0.1, -0.05) is 20.8 Å². The Kier molecular flexibility index (Phi) is 3.85. The van der Waals surface area contributed by atoms with Crippen LogP contribution in [0.4, 0.5) is 5.82 Å². The van der Waals surface area contributed by atoms with E-state index < -0.39 is 0 Å². The van der Waals surface area contributed by atoms with Crippen molar-refractivity contribution in [1.29, 1.82) is 0 Å². The standard InChI is InChI=1S/C14H23N3O/c1-14(2,3)11-8-12(15-4)17-13(16-11)10-6-5-7-18-9-10/h8,10H,5-7,9H2,1-4H3,(H,15,16,17). The predicted octanol–water partition coefficient (Wildman–Crippen LogP) is 2.71. The van der Waals surface area contributed by atoms with Crippen molar-refractivity contribution >= 4 is 5.82 Å². The Hall–Kier alpha value is -1.16. The van der Waals surface area contributed by atoms with Crippen molar-refractivity contribution in [3.05, 3.63) is 17.6 Å². The average Bonchev–Trinajstić information content (AvgIpc) is 2.38. The van der Waals surface area contributed by atoms with Gasteiger partial charge in [0.15, 0.2) is 0 Å². The normalized spacial score (nSPS) is 20.8. The van der Waals surface area contributed by atoms with Gasteiger partial charge in [0.05, 0.1) is 12.3 Å². The molecule has 2 rings (SSSR count). The third-order valence-electron chi connectivity index (χ3n) is 3.29. The number of nitrogens with zero attached hydrogens (tertiary/aromatic N) is 2. The van der Waals surface area contributed by atoms with Crippen molar-refractivity contribution in [2.45, 2.75) is 44.9 Å². The Labute approximate surface area is 109 Å². The van der Waals surface area contributed by atoms with Crippen LogP contribution in [-0.4, -0.2) is 30.2 Å². The van der Waals surface area contributed by atoms with Crippen molar-refractivity contribution in [3.63, 3.8) is 0 Å². The molecule has 0 aromatic carbocycles. The van der Waals surface area contributed by atoms with Crippen molar-refractivity contribution in [2.75, 3.05) is 25.6 Å². The minimum Gasteiger partial charge on any atom is -0.381 e. The second-order valence-electron chi connectivity index (χ2n) is 5.91. The van der Waals surface area contributed by atoms with Gasteiger partial charge in [-0.3, -0.25) is 0 Å². The van der Waals surface area contributed by atoms with Crippen molar-refractivity contribution < 1.29 is 4.74 Å². The molecule has 1 aliphatic rings. The Morgan fingerprint density at radius 2 is 2.11 bits per heavy atom. The zero-order valence-electron chi connectivity index (χ0n) is 11.8. The van der Waals surface area contributed by atoms with Crippen molar-refractivity contribution in [2.24, 2.45) is 0 Å². The third-order valence-corrected chi connectivity index (χ3v) is 3.29. The number of rotatable bonds is 2. The lowest BCUT2D eigenvalue weighted by Gasteiger charge is -2.24. The zero-order chi connectivity index (χ0) is 13.2. The van der Waals surface area contributed by atoms with E-state index in [-0.39, 0.29) is 5.41 Å². The molecule has 1 aromatic rings. The highest BCUT2D eigenvalue weighted by atomic mass is 16.5. The van der Waals surface area contributed by atoms with Gasteiger partial charge in [0.1, 0.15) is 11.6 Å². The lowest BCUT2D eigenvalue weighted by Crippen LogP contribution is -2.21. The summed E-state index contributed by atoms with van der Waals surface area (Å²) in [4.78, 5) is 9.33. The molecule has 0 spiro atoms. The van der Waals surface area contributed by atoms with Gasteiger partial charge in [-0.05, 0) is 12.8 Å². The van der Waals surface area contributed by atoms with Gasteiger partial charge in [0.2, 0.25) is 0 Å². The molecule has 0 saturated carbocycles. The van der Waals surface area contributed by atoms with Crippen LogP contribution in [0.1, 0.15) is 51.0 Å². The first-order valence-electron chi connectivity index (χ1n) is 6.65. The molecule has 1 unspecified atom stereocenters. The Morgan fingerprint density at radius 3 is 2.67 bits per heavy atom. The van der Waals surface area contributed by atoms with Crippen LogP contribution in [-0.2, 0) is 10.2 Å². The van der Waals surface area contributed by atoms with Crippen LogP contribution >= 0.6 is 0 Å². The Balaban J connectivity index is 2.34. The largest absolute Gasteiger partial charge is 0.381 e. The molecular formula is C14H23N3O. The van der Waals surface area contributed by atoms with Gasteiger partial charge in [-0.25, -0.2) is 9.97 Å². The molecule has 4 heteroatoms. The first-order chi connectivity index (χ1) is 8.50. The van der Waals surface area contributed by atoms with E-state index in [0.717, 1.165) is 43.4 Å². The summed E-state index contributed by atoms with van der Waals surface area (Å²) in [5.74, 6) is 2.16. The molecule has 1 saturated heterocycles. The Morgan fingerprint density at radius 1 is 1.33 bits per heavy atom. The maximum atomic E-state index is 5.54. The molecule has 4 nitrogen and oxygen atoms in total. The summed E-state index contributed by atoms with van der Waals surface area (Å²) in [7, 11) is 1.90. The molecule has 0 radical (unpaired) electrons. The van der Waals surface area contributed by atoms with Crippen LogP contribution in [0, 0.1) is 0 Å². The number of anilines is 1. The fraction of sp³-hybridized carbons (Fsp3) is 0.714. The topological polar surface area (TPSA) is 47.0 Å². The highest BCUT2D eigenvalue weighted by molar-refractivity contribution is 5.37. The summed E-state index contributed by atoms with van der Waals surface area (Å²) in [5.41, 5.74) is 1.13. The maximum absolute atomic E-state index is 5.54. The van der Waals surface area contributed by atoms with Gasteiger partial charge in [-0.2, -0.15) is 0 Å². The van der Waals surface area contributed by atoms with Crippen LogP contribution in [0.3, 0.4) is 0 Å². The molecule has 1 N–H and O–H groups in total. The average molecular weight is 249 g/mol. The van der Waals surface area contributed by atoms with E-state index in [1.54, 1.807) is 0 Å². The molecule has 2 heterocycles. The summed E-state index contributed by atoms with van der Waals surface area (Å²) < 4.78 is 5.54. The van der Waals surface area contributed by atoms with E-state index in [1.807, 2.05) is 13.1 Å².